The largest absolute Gasteiger partial charge is 0.490 e. The quantitative estimate of drug-likeness (QED) is 0.180. The third-order valence-corrected chi connectivity index (χ3v) is 6.47. The van der Waals surface area contributed by atoms with Gasteiger partial charge >= 0.3 is 0 Å². The van der Waals surface area contributed by atoms with Gasteiger partial charge in [-0.05, 0) is 95.7 Å². The summed E-state index contributed by atoms with van der Waals surface area (Å²) in [4.78, 5) is 0. The van der Waals surface area contributed by atoms with Crippen LogP contribution in [0.25, 0.3) is 0 Å². The summed E-state index contributed by atoms with van der Waals surface area (Å²) in [6.07, 6.45) is 0. The Labute approximate surface area is 229 Å². The first-order valence-electron chi connectivity index (χ1n) is 11.1. The summed E-state index contributed by atoms with van der Waals surface area (Å²) in [5.41, 5.74) is 2.94. The van der Waals surface area contributed by atoms with Crippen LogP contribution in [0.15, 0.2) is 84.9 Å². The van der Waals surface area contributed by atoms with E-state index < -0.39 is 0 Å². The van der Waals surface area contributed by atoms with Gasteiger partial charge in [-0.1, -0.05) is 47.5 Å². The SMILES string of the molecule is CCOc1cc(CNc2ccc(Oc3ccccc3)cc2)cc(I)c1OCc1ccc(Cl)cc1Cl. The highest BCUT2D eigenvalue weighted by molar-refractivity contribution is 14.1. The molecule has 0 aliphatic heterocycles. The molecule has 4 rings (SSSR count). The second-order valence-corrected chi connectivity index (χ2v) is 9.66. The van der Waals surface area contributed by atoms with Crippen LogP contribution in [-0.2, 0) is 13.2 Å². The predicted octanol–water partition coefficient (Wildman–Crippen LogP) is 8.98. The highest BCUT2D eigenvalue weighted by Gasteiger charge is 2.14. The first-order chi connectivity index (χ1) is 17.0. The molecule has 180 valence electrons. The van der Waals surface area contributed by atoms with Gasteiger partial charge in [0.15, 0.2) is 11.5 Å². The van der Waals surface area contributed by atoms with Gasteiger partial charge in [-0.2, -0.15) is 0 Å². The van der Waals surface area contributed by atoms with E-state index in [9.17, 15) is 0 Å². The van der Waals surface area contributed by atoms with Gasteiger partial charge in [0, 0.05) is 27.8 Å². The predicted molar refractivity (Wildman–Crippen MR) is 151 cm³/mol. The zero-order valence-corrected chi connectivity index (χ0v) is 22.7. The van der Waals surface area contributed by atoms with E-state index in [1.54, 1.807) is 12.1 Å². The van der Waals surface area contributed by atoms with Crippen molar-refractivity contribution in [1.29, 1.82) is 0 Å². The molecule has 0 aliphatic carbocycles. The molecule has 0 saturated heterocycles. The molecule has 0 heterocycles. The molecule has 4 aromatic rings. The van der Waals surface area contributed by atoms with E-state index >= 15 is 0 Å². The van der Waals surface area contributed by atoms with Crippen LogP contribution in [0.4, 0.5) is 5.69 Å². The number of ether oxygens (including phenoxy) is 3. The molecule has 0 aliphatic rings. The maximum Gasteiger partial charge on any atom is 0.174 e. The molecule has 0 atom stereocenters. The monoisotopic (exact) mass is 619 g/mol. The molecule has 35 heavy (non-hydrogen) atoms. The second-order valence-electron chi connectivity index (χ2n) is 7.66. The normalized spacial score (nSPS) is 10.6. The minimum Gasteiger partial charge on any atom is -0.490 e. The fraction of sp³-hybridized carbons (Fsp3) is 0.143. The Kier molecular flexibility index (Phi) is 9.01. The van der Waals surface area contributed by atoms with E-state index in [1.807, 2.05) is 73.7 Å². The van der Waals surface area contributed by atoms with Crippen molar-refractivity contribution < 1.29 is 14.2 Å². The van der Waals surface area contributed by atoms with Crippen molar-refractivity contribution >= 4 is 51.5 Å². The molecule has 0 fully saturated rings. The lowest BCUT2D eigenvalue weighted by Gasteiger charge is -2.17. The second kappa shape index (κ2) is 12.4. The van der Waals surface area contributed by atoms with E-state index in [0.29, 0.717) is 41.3 Å². The number of rotatable bonds is 10. The van der Waals surface area contributed by atoms with Gasteiger partial charge in [-0.3, -0.25) is 0 Å². The van der Waals surface area contributed by atoms with Crippen LogP contribution in [0.5, 0.6) is 23.0 Å². The van der Waals surface area contributed by atoms with Crippen molar-refractivity contribution in [2.45, 2.75) is 20.1 Å². The minimum atomic E-state index is 0.321. The number of halogens is 3. The topological polar surface area (TPSA) is 39.7 Å². The highest BCUT2D eigenvalue weighted by Crippen LogP contribution is 2.36. The van der Waals surface area contributed by atoms with Crippen molar-refractivity contribution in [3.05, 3.63) is 110 Å². The van der Waals surface area contributed by atoms with Gasteiger partial charge < -0.3 is 19.5 Å². The Hall–Kier alpha value is -2.61. The zero-order valence-electron chi connectivity index (χ0n) is 19.1. The van der Waals surface area contributed by atoms with Crippen LogP contribution in [0, 0.1) is 3.57 Å². The number of hydrogen-bond acceptors (Lipinski definition) is 4. The van der Waals surface area contributed by atoms with E-state index in [4.69, 9.17) is 37.4 Å². The highest BCUT2D eigenvalue weighted by atomic mass is 127. The number of nitrogens with one attached hydrogen (secondary N) is 1. The van der Waals surface area contributed by atoms with Crippen LogP contribution in [0.3, 0.4) is 0 Å². The van der Waals surface area contributed by atoms with Crippen molar-refractivity contribution in [2.24, 2.45) is 0 Å². The van der Waals surface area contributed by atoms with Gasteiger partial charge in [-0.25, -0.2) is 0 Å². The summed E-state index contributed by atoms with van der Waals surface area (Å²) in [7, 11) is 0. The molecular weight excluding hydrogens is 596 g/mol. The summed E-state index contributed by atoms with van der Waals surface area (Å²) in [5.74, 6) is 3.00. The van der Waals surface area contributed by atoms with Gasteiger partial charge in [0.05, 0.1) is 10.2 Å². The summed E-state index contributed by atoms with van der Waals surface area (Å²) >= 11 is 14.6. The third-order valence-electron chi connectivity index (χ3n) is 5.09. The maximum absolute atomic E-state index is 6.30. The molecule has 0 spiro atoms. The summed E-state index contributed by atoms with van der Waals surface area (Å²) in [6.45, 7) is 3.45. The van der Waals surface area contributed by atoms with E-state index in [-0.39, 0.29) is 0 Å². The molecule has 0 amide bonds. The number of anilines is 1. The molecule has 0 saturated carbocycles. The summed E-state index contributed by atoms with van der Waals surface area (Å²) in [6, 6.07) is 27.1. The fourth-order valence-corrected chi connectivity index (χ4v) is 4.67. The van der Waals surface area contributed by atoms with Crippen molar-refractivity contribution in [1.82, 2.24) is 0 Å². The van der Waals surface area contributed by atoms with Crippen LogP contribution in [0.2, 0.25) is 10.0 Å². The molecule has 0 bridgehead atoms. The molecular formula is C28H24Cl2INO3. The van der Waals surface area contributed by atoms with Crippen molar-refractivity contribution in [3.8, 4) is 23.0 Å². The number of para-hydroxylation sites is 1. The lowest BCUT2D eigenvalue weighted by atomic mass is 10.2. The van der Waals surface area contributed by atoms with E-state index in [1.165, 1.54) is 0 Å². The van der Waals surface area contributed by atoms with Gasteiger partial charge in [0.25, 0.3) is 0 Å². The maximum atomic E-state index is 6.30. The Balaban J connectivity index is 1.41. The zero-order chi connectivity index (χ0) is 24.6. The Morgan fingerprint density at radius 3 is 2.29 bits per heavy atom. The van der Waals surface area contributed by atoms with Crippen molar-refractivity contribution in [3.63, 3.8) is 0 Å². The minimum absolute atomic E-state index is 0.321. The third kappa shape index (κ3) is 7.19. The molecule has 0 radical (unpaired) electrons. The molecule has 4 nitrogen and oxygen atoms in total. The lowest BCUT2D eigenvalue weighted by molar-refractivity contribution is 0.267. The number of benzene rings is 4. The van der Waals surface area contributed by atoms with E-state index in [0.717, 1.165) is 31.9 Å². The molecule has 1 N–H and O–H groups in total. The first-order valence-corrected chi connectivity index (χ1v) is 12.9. The average molecular weight is 620 g/mol. The fourth-order valence-electron chi connectivity index (χ4n) is 3.38. The Bertz CT molecular complexity index is 1270. The summed E-state index contributed by atoms with van der Waals surface area (Å²) < 4.78 is 18.8. The molecule has 0 unspecified atom stereocenters. The van der Waals surface area contributed by atoms with Crippen LogP contribution in [0.1, 0.15) is 18.1 Å². The Morgan fingerprint density at radius 2 is 1.57 bits per heavy atom. The molecule has 0 aromatic heterocycles. The lowest BCUT2D eigenvalue weighted by Crippen LogP contribution is -2.05. The standard InChI is InChI=1S/C28H24Cl2INO3/c1-2-33-27-15-19(14-26(31)28(27)34-18-20-8-9-21(29)16-25(20)30)17-32-22-10-12-24(13-11-22)35-23-6-4-3-5-7-23/h3-16,32H,2,17-18H2,1H3. The van der Waals surface area contributed by atoms with Gasteiger partial charge in [0.1, 0.15) is 18.1 Å². The van der Waals surface area contributed by atoms with E-state index in [2.05, 4.69) is 34.0 Å². The van der Waals surface area contributed by atoms with Crippen LogP contribution < -0.4 is 19.5 Å². The average Bonchev–Trinajstić information content (AvgIpc) is 2.85. The van der Waals surface area contributed by atoms with Crippen LogP contribution in [-0.4, -0.2) is 6.61 Å². The van der Waals surface area contributed by atoms with Crippen molar-refractivity contribution in [2.75, 3.05) is 11.9 Å². The van der Waals surface area contributed by atoms with Gasteiger partial charge in [-0.15, -0.1) is 0 Å². The van der Waals surface area contributed by atoms with Gasteiger partial charge in [0.2, 0.25) is 0 Å². The molecule has 4 aromatic carbocycles. The van der Waals surface area contributed by atoms with Crippen LogP contribution >= 0.6 is 45.8 Å². The summed E-state index contributed by atoms with van der Waals surface area (Å²) in [5, 5.41) is 4.62. The Morgan fingerprint density at radius 1 is 0.829 bits per heavy atom. The number of hydrogen-bond donors (Lipinski definition) is 1. The first kappa shape index (κ1) is 25.5. The molecule has 7 heteroatoms. The smallest absolute Gasteiger partial charge is 0.174 e.